The summed E-state index contributed by atoms with van der Waals surface area (Å²) < 4.78 is 15.3. The van der Waals surface area contributed by atoms with E-state index in [9.17, 15) is 4.39 Å². The van der Waals surface area contributed by atoms with Crippen LogP contribution in [0.1, 0.15) is 13.8 Å². The van der Waals surface area contributed by atoms with Crippen LogP contribution in [0.2, 0.25) is 0 Å². The van der Waals surface area contributed by atoms with E-state index >= 15 is 0 Å². The summed E-state index contributed by atoms with van der Waals surface area (Å²) in [6.07, 6.45) is 1.77. The van der Waals surface area contributed by atoms with Gasteiger partial charge in [0.05, 0.1) is 17.4 Å². The molecule has 0 saturated carbocycles. The minimum Gasteiger partial charge on any atom is -0.382 e. The number of benzene rings is 1. The van der Waals surface area contributed by atoms with Crippen molar-refractivity contribution in [1.29, 1.82) is 0 Å². The maximum absolute atomic E-state index is 13.3. The van der Waals surface area contributed by atoms with E-state index in [-0.39, 0.29) is 0 Å². The van der Waals surface area contributed by atoms with Crippen LogP contribution in [0.5, 0.6) is 0 Å². The largest absolute Gasteiger partial charge is 0.382 e. The van der Waals surface area contributed by atoms with Crippen molar-refractivity contribution >= 4 is 16.7 Å². The van der Waals surface area contributed by atoms with Gasteiger partial charge in [0.15, 0.2) is 0 Å². The standard InChI is InChI=1S/C12H16FN3/c1-12(2,13)7-14-9-4-5-11-10(6-9)15-8-16(11)3/h4-6,8,14H,7H2,1-3H3. The lowest BCUT2D eigenvalue weighted by Crippen LogP contribution is -2.24. The van der Waals surface area contributed by atoms with Gasteiger partial charge < -0.3 is 9.88 Å². The maximum atomic E-state index is 13.3. The Morgan fingerprint density at radius 3 is 2.88 bits per heavy atom. The number of anilines is 1. The minimum absolute atomic E-state index is 0.297. The van der Waals surface area contributed by atoms with Crippen molar-refractivity contribution in [2.45, 2.75) is 19.5 Å². The second-order valence-corrected chi connectivity index (χ2v) is 4.63. The number of hydrogen-bond acceptors (Lipinski definition) is 2. The van der Waals surface area contributed by atoms with Gasteiger partial charge in [0.25, 0.3) is 0 Å². The first-order valence-electron chi connectivity index (χ1n) is 5.29. The Labute approximate surface area is 94.3 Å². The van der Waals surface area contributed by atoms with E-state index in [4.69, 9.17) is 0 Å². The second-order valence-electron chi connectivity index (χ2n) is 4.63. The fourth-order valence-electron chi connectivity index (χ4n) is 1.56. The van der Waals surface area contributed by atoms with E-state index in [1.807, 2.05) is 29.8 Å². The van der Waals surface area contributed by atoms with E-state index in [0.29, 0.717) is 6.54 Å². The Morgan fingerprint density at radius 1 is 1.44 bits per heavy atom. The normalized spacial score (nSPS) is 12.0. The molecular formula is C12H16FN3. The van der Waals surface area contributed by atoms with Crippen molar-refractivity contribution in [2.75, 3.05) is 11.9 Å². The zero-order valence-electron chi connectivity index (χ0n) is 9.79. The molecule has 1 aromatic heterocycles. The first-order valence-corrected chi connectivity index (χ1v) is 5.29. The summed E-state index contributed by atoms with van der Waals surface area (Å²) in [5.74, 6) is 0. The average Bonchev–Trinajstić information content (AvgIpc) is 2.56. The number of nitrogens with one attached hydrogen (secondary N) is 1. The Morgan fingerprint density at radius 2 is 2.19 bits per heavy atom. The van der Waals surface area contributed by atoms with Gasteiger partial charge in [-0.05, 0) is 32.0 Å². The topological polar surface area (TPSA) is 29.9 Å². The number of imidazole rings is 1. The Bertz CT molecular complexity index is 496. The van der Waals surface area contributed by atoms with Gasteiger partial charge in [-0.1, -0.05) is 0 Å². The van der Waals surface area contributed by atoms with Gasteiger partial charge >= 0.3 is 0 Å². The molecule has 0 radical (unpaired) electrons. The van der Waals surface area contributed by atoms with Crippen LogP contribution in [0, 0.1) is 0 Å². The molecule has 2 rings (SSSR count). The molecule has 0 saturated heterocycles. The molecule has 3 nitrogen and oxygen atoms in total. The average molecular weight is 221 g/mol. The Balaban J connectivity index is 2.20. The van der Waals surface area contributed by atoms with Crippen molar-refractivity contribution in [3.05, 3.63) is 24.5 Å². The molecule has 0 atom stereocenters. The lowest BCUT2D eigenvalue weighted by molar-refractivity contribution is 0.235. The fourth-order valence-corrected chi connectivity index (χ4v) is 1.56. The van der Waals surface area contributed by atoms with Crippen LogP contribution in [0.15, 0.2) is 24.5 Å². The maximum Gasteiger partial charge on any atom is 0.122 e. The first kappa shape index (κ1) is 10.9. The van der Waals surface area contributed by atoms with Crippen LogP contribution in [0.25, 0.3) is 11.0 Å². The van der Waals surface area contributed by atoms with Crippen molar-refractivity contribution in [1.82, 2.24) is 9.55 Å². The highest BCUT2D eigenvalue weighted by atomic mass is 19.1. The van der Waals surface area contributed by atoms with Gasteiger partial charge in [0, 0.05) is 19.3 Å². The zero-order valence-corrected chi connectivity index (χ0v) is 9.79. The molecule has 0 bridgehead atoms. The van der Waals surface area contributed by atoms with Gasteiger partial charge in [-0.2, -0.15) is 0 Å². The molecule has 0 aliphatic heterocycles. The molecule has 0 spiro atoms. The SMILES string of the molecule is Cn1cnc2cc(NCC(C)(C)F)ccc21. The number of alkyl halides is 1. The molecule has 4 heteroatoms. The number of fused-ring (bicyclic) bond motifs is 1. The highest BCUT2D eigenvalue weighted by molar-refractivity contribution is 5.79. The van der Waals surface area contributed by atoms with Gasteiger partial charge in [-0.15, -0.1) is 0 Å². The lowest BCUT2D eigenvalue weighted by Gasteiger charge is -2.15. The second kappa shape index (κ2) is 3.77. The molecule has 16 heavy (non-hydrogen) atoms. The van der Waals surface area contributed by atoms with E-state index < -0.39 is 5.67 Å². The number of rotatable bonds is 3. The van der Waals surface area contributed by atoms with Crippen LogP contribution < -0.4 is 5.32 Å². The third kappa shape index (κ3) is 2.32. The van der Waals surface area contributed by atoms with E-state index in [1.54, 1.807) is 20.2 Å². The summed E-state index contributed by atoms with van der Waals surface area (Å²) in [6.45, 7) is 3.41. The lowest BCUT2D eigenvalue weighted by atomic mass is 10.1. The molecule has 0 aliphatic rings. The van der Waals surface area contributed by atoms with Crippen molar-refractivity contribution in [2.24, 2.45) is 7.05 Å². The van der Waals surface area contributed by atoms with Crippen molar-refractivity contribution < 1.29 is 4.39 Å². The highest BCUT2D eigenvalue weighted by Crippen LogP contribution is 2.18. The minimum atomic E-state index is -1.21. The van der Waals surface area contributed by atoms with Crippen LogP contribution >= 0.6 is 0 Å². The van der Waals surface area contributed by atoms with Crippen LogP contribution in [-0.2, 0) is 7.05 Å². The number of halogens is 1. The molecule has 0 amide bonds. The molecule has 0 fully saturated rings. The summed E-state index contributed by atoms with van der Waals surface area (Å²) in [5.41, 5.74) is 1.69. The summed E-state index contributed by atoms with van der Waals surface area (Å²) in [7, 11) is 1.95. The summed E-state index contributed by atoms with van der Waals surface area (Å²) in [5, 5.41) is 3.06. The van der Waals surface area contributed by atoms with Gasteiger partial charge in [-0.3, -0.25) is 0 Å². The van der Waals surface area contributed by atoms with Crippen molar-refractivity contribution in [3.63, 3.8) is 0 Å². The smallest absolute Gasteiger partial charge is 0.122 e. The number of nitrogens with zero attached hydrogens (tertiary/aromatic N) is 2. The molecule has 1 N–H and O–H groups in total. The zero-order chi connectivity index (χ0) is 11.8. The van der Waals surface area contributed by atoms with Crippen LogP contribution in [-0.4, -0.2) is 21.8 Å². The van der Waals surface area contributed by atoms with Crippen molar-refractivity contribution in [3.8, 4) is 0 Å². The number of aryl methyl sites for hydroxylation is 1. The van der Waals surface area contributed by atoms with Crippen LogP contribution in [0.3, 0.4) is 0 Å². The third-order valence-corrected chi connectivity index (χ3v) is 2.44. The fraction of sp³-hybridized carbons (Fsp3) is 0.417. The Kier molecular flexibility index (Phi) is 2.58. The predicted octanol–water partition coefficient (Wildman–Crippen LogP) is 2.73. The van der Waals surface area contributed by atoms with E-state index in [2.05, 4.69) is 10.3 Å². The van der Waals surface area contributed by atoms with Crippen LogP contribution in [0.4, 0.5) is 10.1 Å². The molecule has 86 valence electrons. The molecule has 0 aliphatic carbocycles. The molecular weight excluding hydrogens is 205 g/mol. The van der Waals surface area contributed by atoms with Gasteiger partial charge in [-0.25, -0.2) is 9.37 Å². The van der Waals surface area contributed by atoms with E-state index in [1.165, 1.54) is 0 Å². The van der Waals surface area contributed by atoms with E-state index in [0.717, 1.165) is 16.7 Å². The van der Waals surface area contributed by atoms with Gasteiger partial charge in [0.1, 0.15) is 5.67 Å². The summed E-state index contributed by atoms with van der Waals surface area (Å²) >= 11 is 0. The predicted molar refractivity (Wildman–Crippen MR) is 64.4 cm³/mol. The highest BCUT2D eigenvalue weighted by Gasteiger charge is 2.14. The molecule has 1 aromatic carbocycles. The molecule has 2 aromatic rings. The number of hydrogen-bond donors (Lipinski definition) is 1. The monoisotopic (exact) mass is 221 g/mol. The summed E-state index contributed by atoms with van der Waals surface area (Å²) in [6, 6.07) is 5.85. The van der Waals surface area contributed by atoms with Gasteiger partial charge in [0.2, 0.25) is 0 Å². The Hall–Kier alpha value is -1.58. The summed E-state index contributed by atoms with van der Waals surface area (Å²) in [4.78, 5) is 4.25. The first-order chi connectivity index (χ1) is 7.46. The molecule has 1 heterocycles. The third-order valence-electron chi connectivity index (χ3n) is 2.44. The molecule has 0 unspecified atom stereocenters. The number of aromatic nitrogens is 2. The quantitative estimate of drug-likeness (QED) is 0.863.